The van der Waals surface area contributed by atoms with Gasteiger partial charge in [-0.1, -0.05) is 6.07 Å². The molecule has 1 aromatic heterocycles. The summed E-state index contributed by atoms with van der Waals surface area (Å²) in [6.07, 6.45) is 4.89. The van der Waals surface area contributed by atoms with Crippen LogP contribution in [-0.4, -0.2) is 54.8 Å². The summed E-state index contributed by atoms with van der Waals surface area (Å²) < 4.78 is 32.5. The maximum absolute atomic E-state index is 13.2. The van der Waals surface area contributed by atoms with Crippen molar-refractivity contribution in [3.8, 4) is 5.75 Å². The highest BCUT2D eigenvalue weighted by atomic mass is 32.2. The fraction of sp³-hybridized carbons (Fsp3) is 0.455. The van der Waals surface area contributed by atoms with Crippen LogP contribution < -0.4 is 4.74 Å². The highest BCUT2D eigenvalue weighted by Gasteiger charge is 2.38. The lowest BCUT2D eigenvalue weighted by Gasteiger charge is -2.33. The van der Waals surface area contributed by atoms with Crippen LogP contribution in [0.2, 0.25) is 0 Å². The average Bonchev–Trinajstić information content (AvgIpc) is 3.63. The number of nitrogens with zero attached hydrogens (tertiary/aromatic N) is 3. The first-order valence-electron chi connectivity index (χ1n) is 10.3. The molecule has 0 atom stereocenters. The van der Waals surface area contributed by atoms with Gasteiger partial charge in [0.25, 0.3) is 0 Å². The van der Waals surface area contributed by atoms with Crippen molar-refractivity contribution in [2.75, 3.05) is 20.2 Å². The monoisotopic (exact) mass is 429 g/mol. The van der Waals surface area contributed by atoms with Crippen LogP contribution in [0.5, 0.6) is 5.75 Å². The van der Waals surface area contributed by atoms with Gasteiger partial charge < -0.3 is 9.64 Å². The number of hydrogen-bond acceptors (Lipinski definition) is 5. The number of benzene rings is 1. The first kappa shape index (κ1) is 20.8. The van der Waals surface area contributed by atoms with Crippen molar-refractivity contribution in [1.29, 1.82) is 0 Å². The minimum absolute atomic E-state index is 0.129. The van der Waals surface area contributed by atoms with E-state index in [0.717, 1.165) is 18.5 Å². The summed E-state index contributed by atoms with van der Waals surface area (Å²) in [5.74, 6) is 0.604. The SMILES string of the molecule is COc1ccc(S(=O)(=O)N2CCC(C(=O)N(Cc3ccccn3)C3CC3)CC2)cc1. The van der Waals surface area contributed by atoms with Crippen LogP contribution >= 0.6 is 0 Å². The van der Waals surface area contributed by atoms with Gasteiger partial charge in [-0.3, -0.25) is 9.78 Å². The number of carbonyl (C=O) groups is 1. The summed E-state index contributed by atoms with van der Waals surface area (Å²) in [7, 11) is -2.02. The van der Waals surface area contributed by atoms with Gasteiger partial charge in [0, 0.05) is 31.2 Å². The molecule has 2 aromatic rings. The molecule has 30 heavy (non-hydrogen) atoms. The molecule has 4 rings (SSSR count). The standard InChI is InChI=1S/C22H27N3O4S/c1-29-20-7-9-21(10-8-20)30(27,28)24-14-11-17(12-15-24)22(26)25(19-5-6-19)16-18-4-2-3-13-23-18/h2-4,7-10,13,17,19H,5-6,11-12,14-16H2,1H3. The third kappa shape index (κ3) is 4.49. The topological polar surface area (TPSA) is 79.8 Å². The molecular weight excluding hydrogens is 402 g/mol. The third-order valence-corrected chi connectivity index (χ3v) is 7.74. The Bertz CT molecular complexity index is 967. The molecule has 2 heterocycles. The van der Waals surface area contributed by atoms with Crippen molar-refractivity contribution in [1.82, 2.24) is 14.2 Å². The van der Waals surface area contributed by atoms with Gasteiger partial charge in [-0.05, 0) is 62.1 Å². The maximum atomic E-state index is 13.2. The Balaban J connectivity index is 1.39. The maximum Gasteiger partial charge on any atom is 0.243 e. The van der Waals surface area contributed by atoms with Gasteiger partial charge >= 0.3 is 0 Å². The zero-order valence-corrected chi connectivity index (χ0v) is 17.9. The van der Waals surface area contributed by atoms with Crippen molar-refractivity contribution < 1.29 is 17.9 Å². The molecule has 2 fully saturated rings. The minimum atomic E-state index is -3.57. The van der Waals surface area contributed by atoms with Crippen LogP contribution in [0, 0.1) is 5.92 Å². The van der Waals surface area contributed by atoms with Gasteiger partial charge in [0.2, 0.25) is 15.9 Å². The zero-order valence-electron chi connectivity index (χ0n) is 17.1. The number of aromatic nitrogens is 1. The molecule has 1 aliphatic heterocycles. The predicted molar refractivity (Wildman–Crippen MR) is 112 cm³/mol. The largest absolute Gasteiger partial charge is 0.497 e. The molecule has 0 unspecified atom stereocenters. The number of pyridine rings is 1. The fourth-order valence-corrected chi connectivity index (χ4v) is 5.38. The number of amides is 1. The summed E-state index contributed by atoms with van der Waals surface area (Å²) in [6, 6.07) is 12.4. The summed E-state index contributed by atoms with van der Waals surface area (Å²) in [6.45, 7) is 1.23. The van der Waals surface area contributed by atoms with Gasteiger partial charge in [-0.2, -0.15) is 4.31 Å². The van der Waals surface area contributed by atoms with Crippen molar-refractivity contribution in [2.24, 2.45) is 5.92 Å². The van der Waals surface area contributed by atoms with Gasteiger partial charge in [-0.15, -0.1) is 0 Å². The van der Waals surface area contributed by atoms with Crippen molar-refractivity contribution >= 4 is 15.9 Å². The van der Waals surface area contributed by atoms with E-state index in [4.69, 9.17) is 4.74 Å². The van der Waals surface area contributed by atoms with Gasteiger partial charge in [-0.25, -0.2) is 8.42 Å². The second-order valence-electron chi connectivity index (χ2n) is 7.87. The molecule has 160 valence electrons. The molecule has 7 nitrogen and oxygen atoms in total. The number of methoxy groups -OCH3 is 1. The third-order valence-electron chi connectivity index (χ3n) is 5.83. The Kier molecular flexibility index (Phi) is 6.06. The lowest BCUT2D eigenvalue weighted by molar-refractivity contribution is -0.138. The molecule has 2 aliphatic rings. The van der Waals surface area contributed by atoms with Crippen molar-refractivity contribution in [2.45, 2.75) is 43.2 Å². The predicted octanol–water partition coefficient (Wildman–Crippen LogP) is 2.68. The zero-order chi connectivity index (χ0) is 21.1. The lowest BCUT2D eigenvalue weighted by atomic mass is 9.96. The van der Waals surface area contributed by atoms with E-state index in [1.807, 2.05) is 23.1 Å². The second-order valence-corrected chi connectivity index (χ2v) is 9.81. The van der Waals surface area contributed by atoms with Crippen molar-refractivity contribution in [3.05, 3.63) is 54.4 Å². The molecule has 0 radical (unpaired) electrons. The van der Waals surface area contributed by atoms with E-state index in [2.05, 4.69) is 4.98 Å². The van der Waals surface area contributed by atoms with Gasteiger partial charge in [0.1, 0.15) is 5.75 Å². The second kappa shape index (κ2) is 8.73. The van der Waals surface area contributed by atoms with Crippen LogP contribution in [0.3, 0.4) is 0 Å². The molecule has 0 spiro atoms. The summed E-state index contributed by atoms with van der Waals surface area (Å²) in [5.41, 5.74) is 0.886. The number of sulfonamides is 1. The van der Waals surface area contributed by atoms with E-state index >= 15 is 0 Å². The highest BCUT2D eigenvalue weighted by Crippen LogP contribution is 2.32. The smallest absolute Gasteiger partial charge is 0.243 e. The molecule has 8 heteroatoms. The summed E-state index contributed by atoms with van der Waals surface area (Å²) >= 11 is 0. The van der Waals surface area contributed by atoms with Crippen molar-refractivity contribution in [3.63, 3.8) is 0 Å². The molecule has 0 bridgehead atoms. The number of piperidine rings is 1. The first-order chi connectivity index (χ1) is 14.5. The molecule has 1 aromatic carbocycles. The quantitative estimate of drug-likeness (QED) is 0.676. The van der Waals surface area contributed by atoms with E-state index in [-0.39, 0.29) is 16.7 Å². The average molecular weight is 430 g/mol. The van der Waals surface area contributed by atoms with Gasteiger partial charge in [0.05, 0.1) is 24.2 Å². The fourth-order valence-electron chi connectivity index (χ4n) is 3.91. The van der Waals surface area contributed by atoms with E-state index < -0.39 is 10.0 Å². The molecule has 1 aliphatic carbocycles. The van der Waals surface area contributed by atoms with Gasteiger partial charge in [0.15, 0.2) is 0 Å². The summed E-state index contributed by atoms with van der Waals surface area (Å²) in [4.78, 5) is 19.8. The van der Waals surface area contributed by atoms with Crippen LogP contribution in [0.15, 0.2) is 53.6 Å². The Morgan fingerprint density at radius 2 is 1.80 bits per heavy atom. The van der Waals surface area contributed by atoms with E-state index in [9.17, 15) is 13.2 Å². The summed E-state index contributed by atoms with van der Waals surface area (Å²) in [5, 5.41) is 0. The number of rotatable bonds is 7. The van der Waals surface area contributed by atoms with E-state index in [1.54, 1.807) is 37.6 Å². The number of ether oxygens (including phenoxy) is 1. The Labute approximate surface area is 177 Å². The number of carbonyl (C=O) groups excluding carboxylic acids is 1. The van der Waals surface area contributed by atoms with Crippen LogP contribution in [-0.2, 0) is 21.4 Å². The Morgan fingerprint density at radius 1 is 1.10 bits per heavy atom. The minimum Gasteiger partial charge on any atom is -0.497 e. The molecule has 1 amide bonds. The Morgan fingerprint density at radius 3 is 2.37 bits per heavy atom. The van der Waals surface area contributed by atoms with E-state index in [0.29, 0.717) is 44.3 Å². The first-order valence-corrected chi connectivity index (χ1v) is 11.8. The number of hydrogen-bond donors (Lipinski definition) is 0. The molecule has 1 saturated heterocycles. The van der Waals surface area contributed by atoms with E-state index in [1.165, 1.54) is 4.31 Å². The normalized spacial score (nSPS) is 18.2. The lowest BCUT2D eigenvalue weighted by Crippen LogP contribution is -2.44. The molecule has 1 saturated carbocycles. The molecular formula is C22H27N3O4S. The highest BCUT2D eigenvalue weighted by molar-refractivity contribution is 7.89. The van der Waals surface area contributed by atoms with Crippen LogP contribution in [0.25, 0.3) is 0 Å². The van der Waals surface area contributed by atoms with Crippen LogP contribution in [0.1, 0.15) is 31.4 Å². The van der Waals surface area contributed by atoms with Crippen LogP contribution in [0.4, 0.5) is 0 Å². The molecule has 0 N–H and O–H groups in total. The Hall–Kier alpha value is -2.45.